The van der Waals surface area contributed by atoms with Crippen LogP contribution in [0.15, 0.2) is 18.2 Å². The first-order valence-electron chi connectivity index (χ1n) is 6.45. The first-order chi connectivity index (χ1) is 8.41. The molecule has 2 N–H and O–H groups in total. The number of likely N-dealkylation sites (N-methyl/N-ethyl adjacent to an activating group) is 1. The summed E-state index contributed by atoms with van der Waals surface area (Å²) in [5.41, 5.74) is 1.99. The fraction of sp³-hybridized carbons (Fsp3) is 0.600. The Kier molecular flexibility index (Phi) is 5.17. The highest BCUT2D eigenvalue weighted by Gasteiger charge is 2.22. The number of aryl methyl sites for hydroxylation is 1. The highest BCUT2D eigenvalue weighted by molar-refractivity contribution is 5.39. The van der Waals surface area contributed by atoms with Crippen molar-refractivity contribution in [1.82, 2.24) is 5.32 Å². The van der Waals surface area contributed by atoms with Crippen molar-refractivity contribution < 1.29 is 9.84 Å². The minimum atomic E-state index is -0.405. The molecule has 0 aromatic heterocycles. The van der Waals surface area contributed by atoms with Gasteiger partial charge in [0, 0.05) is 0 Å². The van der Waals surface area contributed by atoms with E-state index in [1.165, 1.54) is 11.1 Å². The van der Waals surface area contributed by atoms with Crippen molar-refractivity contribution in [3.63, 3.8) is 0 Å². The zero-order chi connectivity index (χ0) is 13.8. The molecule has 3 nitrogen and oxygen atoms in total. The van der Waals surface area contributed by atoms with E-state index in [0.29, 0.717) is 12.5 Å². The van der Waals surface area contributed by atoms with E-state index in [-0.39, 0.29) is 6.61 Å². The quantitative estimate of drug-likeness (QED) is 0.816. The fourth-order valence-electron chi connectivity index (χ4n) is 1.68. The summed E-state index contributed by atoms with van der Waals surface area (Å²) in [7, 11) is 1.83. The molecule has 1 rings (SSSR count). The second-order valence-corrected chi connectivity index (χ2v) is 5.45. The Labute approximate surface area is 110 Å². The zero-order valence-corrected chi connectivity index (χ0v) is 12.1. The van der Waals surface area contributed by atoms with E-state index in [1.54, 1.807) is 0 Å². The lowest BCUT2D eigenvalue weighted by Crippen LogP contribution is -2.48. The van der Waals surface area contributed by atoms with Crippen molar-refractivity contribution in [2.75, 3.05) is 20.3 Å². The topological polar surface area (TPSA) is 41.5 Å². The van der Waals surface area contributed by atoms with Crippen LogP contribution in [0.5, 0.6) is 5.75 Å². The van der Waals surface area contributed by atoms with E-state index in [4.69, 9.17) is 4.74 Å². The Bertz CT molecular complexity index is 384. The molecule has 102 valence electrons. The third-order valence-corrected chi connectivity index (χ3v) is 3.29. The van der Waals surface area contributed by atoms with Crippen LogP contribution in [0.25, 0.3) is 0 Å². The number of aliphatic hydroxyl groups excluding tert-OH is 1. The van der Waals surface area contributed by atoms with E-state index in [2.05, 4.69) is 44.3 Å². The van der Waals surface area contributed by atoms with Crippen LogP contribution in [0.4, 0.5) is 0 Å². The Morgan fingerprint density at radius 3 is 2.56 bits per heavy atom. The lowest BCUT2D eigenvalue weighted by atomic mass is 10.0. The van der Waals surface area contributed by atoms with Crippen LogP contribution in [-0.4, -0.2) is 30.9 Å². The minimum absolute atomic E-state index is 0.0479. The minimum Gasteiger partial charge on any atom is -0.491 e. The number of aliphatic hydroxyl groups is 1. The van der Waals surface area contributed by atoms with Crippen LogP contribution < -0.4 is 10.1 Å². The van der Waals surface area contributed by atoms with Crippen molar-refractivity contribution in [3.8, 4) is 5.75 Å². The van der Waals surface area contributed by atoms with Gasteiger partial charge in [0.2, 0.25) is 0 Å². The number of benzene rings is 1. The lowest BCUT2D eigenvalue weighted by Gasteiger charge is -2.27. The molecular formula is C15H25NO2. The van der Waals surface area contributed by atoms with Crippen molar-refractivity contribution >= 4 is 0 Å². The summed E-state index contributed by atoms with van der Waals surface area (Å²) in [6.45, 7) is 8.80. The van der Waals surface area contributed by atoms with Crippen molar-refractivity contribution in [1.29, 1.82) is 0 Å². The third kappa shape index (κ3) is 3.72. The fourth-order valence-corrected chi connectivity index (χ4v) is 1.68. The Hall–Kier alpha value is -1.06. The molecule has 3 heteroatoms. The molecule has 0 fully saturated rings. The van der Waals surface area contributed by atoms with Gasteiger partial charge in [-0.1, -0.05) is 26.0 Å². The molecule has 0 aliphatic carbocycles. The monoisotopic (exact) mass is 251 g/mol. The van der Waals surface area contributed by atoms with Gasteiger partial charge in [-0.25, -0.2) is 0 Å². The molecule has 0 saturated carbocycles. The van der Waals surface area contributed by atoms with Crippen LogP contribution >= 0.6 is 0 Å². The van der Waals surface area contributed by atoms with Gasteiger partial charge in [-0.2, -0.15) is 0 Å². The SMILES string of the molecule is CNC(C)(CO)COc1cc(C)ccc1C(C)C. The number of hydrogen-bond donors (Lipinski definition) is 2. The lowest BCUT2D eigenvalue weighted by molar-refractivity contribution is 0.122. The molecule has 0 aliphatic rings. The molecule has 0 heterocycles. The van der Waals surface area contributed by atoms with Gasteiger partial charge in [-0.05, 0) is 44.0 Å². The summed E-state index contributed by atoms with van der Waals surface area (Å²) in [4.78, 5) is 0. The molecule has 18 heavy (non-hydrogen) atoms. The average Bonchev–Trinajstić information content (AvgIpc) is 2.35. The smallest absolute Gasteiger partial charge is 0.123 e. The molecule has 0 radical (unpaired) electrons. The van der Waals surface area contributed by atoms with Gasteiger partial charge < -0.3 is 15.2 Å². The Morgan fingerprint density at radius 2 is 2.06 bits per heavy atom. The summed E-state index contributed by atoms with van der Waals surface area (Å²) in [6.07, 6.45) is 0. The van der Waals surface area contributed by atoms with Gasteiger partial charge in [0.25, 0.3) is 0 Å². The summed E-state index contributed by atoms with van der Waals surface area (Å²) in [5.74, 6) is 1.34. The van der Waals surface area contributed by atoms with Gasteiger partial charge in [0.15, 0.2) is 0 Å². The van der Waals surface area contributed by atoms with Crippen molar-refractivity contribution in [2.45, 2.75) is 39.2 Å². The second-order valence-electron chi connectivity index (χ2n) is 5.45. The molecule has 0 amide bonds. The van der Waals surface area contributed by atoms with E-state index in [0.717, 1.165) is 5.75 Å². The van der Waals surface area contributed by atoms with E-state index in [1.807, 2.05) is 14.0 Å². The first kappa shape index (κ1) is 15.0. The van der Waals surface area contributed by atoms with E-state index in [9.17, 15) is 5.11 Å². The molecule has 0 aliphatic heterocycles. The normalized spacial score (nSPS) is 14.6. The van der Waals surface area contributed by atoms with E-state index < -0.39 is 5.54 Å². The summed E-state index contributed by atoms with van der Waals surface area (Å²) in [5, 5.41) is 12.4. The van der Waals surface area contributed by atoms with Crippen LogP contribution in [0.2, 0.25) is 0 Å². The van der Waals surface area contributed by atoms with E-state index >= 15 is 0 Å². The molecule has 0 spiro atoms. The summed E-state index contributed by atoms with van der Waals surface area (Å²) < 4.78 is 5.90. The van der Waals surface area contributed by atoms with Crippen molar-refractivity contribution in [3.05, 3.63) is 29.3 Å². The molecule has 0 bridgehead atoms. The molecule has 0 saturated heterocycles. The first-order valence-corrected chi connectivity index (χ1v) is 6.45. The molecule has 1 atom stereocenters. The zero-order valence-electron chi connectivity index (χ0n) is 12.1. The molecular weight excluding hydrogens is 226 g/mol. The standard InChI is InChI=1S/C15H25NO2/c1-11(2)13-7-6-12(3)8-14(13)18-10-15(4,9-17)16-5/h6-8,11,16-17H,9-10H2,1-5H3. The molecule has 1 aromatic carbocycles. The number of ether oxygens (including phenoxy) is 1. The maximum Gasteiger partial charge on any atom is 0.123 e. The number of hydrogen-bond acceptors (Lipinski definition) is 3. The van der Waals surface area contributed by atoms with Gasteiger partial charge in [-0.15, -0.1) is 0 Å². The second kappa shape index (κ2) is 6.21. The van der Waals surface area contributed by atoms with Crippen LogP contribution in [0.3, 0.4) is 0 Å². The average molecular weight is 251 g/mol. The molecule has 1 unspecified atom stereocenters. The van der Waals surface area contributed by atoms with Crippen molar-refractivity contribution in [2.24, 2.45) is 0 Å². The highest BCUT2D eigenvalue weighted by atomic mass is 16.5. The summed E-state index contributed by atoms with van der Waals surface area (Å²) in [6, 6.07) is 6.28. The van der Waals surface area contributed by atoms with Gasteiger partial charge in [0.05, 0.1) is 12.1 Å². The third-order valence-electron chi connectivity index (χ3n) is 3.29. The van der Waals surface area contributed by atoms with Crippen LogP contribution in [0, 0.1) is 6.92 Å². The largest absolute Gasteiger partial charge is 0.491 e. The van der Waals surface area contributed by atoms with Gasteiger partial charge in [0.1, 0.15) is 12.4 Å². The number of nitrogens with one attached hydrogen (secondary N) is 1. The predicted molar refractivity (Wildman–Crippen MR) is 75.3 cm³/mol. The van der Waals surface area contributed by atoms with Crippen LogP contribution in [0.1, 0.15) is 37.8 Å². The maximum absolute atomic E-state index is 9.35. The Balaban J connectivity index is 2.86. The van der Waals surface area contributed by atoms with Crippen LogP contribution in [-0.2, 0) is 0 Å². The predicted octanol–water partition coefficient (Wildman–Crippen LogP) is 2.47. The molecule has 1 aromatic rings. The number of rotatable bonds is 6. The highest BCUT2D eigenvalue weighted by Crippen LogP contribution is 2.28. The maximum atomic E-state index is 9.35. The Morgan fingerprint density at radius 1 is 1.39 bits per heavy atom. The van der Waals surface area contributed by atoms with Gasteiger partial charge in [-0.3, -0.25) is 0 Å². The van der Waals surface area contributed by atoms with Gasteiger partial charge >= 0.3 is 0 Å². The summed E-state index contributed by atoms with van der Waals surface area (Å²) >= 11 is 0.